The Labute approximate surface area is 154 Å². The van der Waals surface area contributed by atoms with Crippen molar-refractivity contribution < 1.29 is 9.90 Å². The van der Waals surface area contributed by atoms with Crippen LogP contribution < -0.4 is 5.32 Å². The van der Waals surface area contributed by atoms with E-state index in [1.807, 2.05) is 30.3 Å². The summed E-state index contributed by atoms with van der Waals surface area (Å²) in [5, 5.41) is 13.2. The van der Waals surface area contributed by atoms with Crippen LogP contribution in [0.25, 0.3) is 0 Å². The first kappa shape index (κ1) is 17.1. The van der Waals surface area contributed by atoms with Crippen LogP contribution in [0.3, 0.4) is 0 Å². The van der Waals surface area contributed by atoms with Gasteiger partial charge in [0.05, 0.1) is 0 Å². The molecule has 1 aliphatic heterocycles. The molecule has 2 aliphatic rings. The van der Waals surface area contributed by atoms with Crippen LogP contribution in [-0.2, 0) is 11.2 Å². The van der Waals surface area contributed by atoms with Gasteiger partial charge in [-0.2, -0.15) is 0 Å². The summed E-state index contributed by atoms with van der Waals surface area (Å²) in [6, 6.07) is 18.9. The molecule has 2 N–H and O–H groups in total. The zero-order valence-corrected chi connectivity index (χ0v) is 15.0. The Kier molecular flexibility index (Phi) is 4.68. The SMILES string of the molecule is O=C(O)C1(Nc2ccccc2)CCN([C@H]2CCCc3ccccc32)CC1. The van der Waals surface area contributed by atoms with E-state index in [9.17, 15) is 9.90 Å². The molecule has 0 radical (unpaired) electrons. The lowest BCUT2D eigenvalue weighted by Gasteiger charge is -2.44. The van der Waals surface area contributed by atoms with Crippen molar-refractivity contribution in [3.63, 3.8) is 0 Å². The monoisotopic (exact) mass is 350 g/mol. The van der Waals surface area contributed by atoms with Crippen molar-refractivity contribution in [2.75, 3.05) is 18.4 Å². The summed E-state index contributed by atoms with van der Waals surface area (Å²) in [6.07, 6.45) is 4.79. The van der Waals surface area contributed by atoms with Gasteiger partial charge in [0, 0.05) is 24.8 Å². The van der Waals surface area contributed by atoms with Crippen molar-refractivity contribution >= 4 is 11.7 Å². The topological polar surface area (TPSA) is 52.6 Å². The van der Waals surface area contributed by atoms with E-state index < -0.39 is 11.5 Å². The molecule has 4 heteroatoms. The van der Waals surface area contributed by atoms with Crippen LogP contribution in [0.15, 0.2) is 54.6 Å². The van der Waals surface area contributed by atoms with Crippen molar-refractivity contribution in [2.24, 2.45) is 0 Å². The molecule has 1 heterocycles. The number of nitrogens with one attached hydrogen (secondary N) is 1. The molecule has 1 aliphatic carbocycles. The summed E-state index contributed by atoms with van der Waals surface area (Å²) in [5.74, 6) is -0.745. The maximum Gasteiger partial charge on any atom is 0.329 e. The maximum atomic E-state index is 12.1. The first-order chi connectivity index (χ1) is 12.7. The molecule has 2 aromatic carbocycles. The molecule has 4 nitrogen and oxygen atoms in total. The molecule has 0 spiro atoms. The molecule has 4 rings (SSSR count). The molecule has 0 bridgehead atoms. The number of likely N-dealkylation sites (tertiary alicyclic amines) is 1. The van der Waals surface area contributed by atoms with Gasteiger partial charge in [-0.3, -0.25) is 4.90 Å². The number of benzene rings is 2. The Bertz CT molecular complexity index is 767. The van der Waals surface area contributed by atoms with Crippen molar-refractivity contribution in [3.05, 3.63) is 65.7 Å². The standard InChI is InChI=1S/C22H26N2O2/c25-21(26)22(23-18-9-2-1-3-10-18)13-15-24(16-14-22)20-12-6-8-17-7-4-5-11-19(17)20/h1-5,7,9-11,20,23H,6,8,12-16H2,(H,25,26)/t20-/m0/s1. The van der Waals surface area contributed by atoms with Gasteiger partial charge in [-0.05, 0) is 55.4 Å². The average Bonchev–Trinajstić information content (AvgIpc) is 2.69. The van der Waals surface area contributed by atoms with E-state index in [1.165, 1.54) is 24.0 Å². The third-order valence-corrected chi connectivity index (χ3v) is 6.00. The number of aliphatic carboxylic acids is 1. The van der Waals surface area contributed by atoms with Gasteiger partial charge in [0.15, 0.2) is 0 Å². The molecule has 0 saturated carbocycles. The predicted molar refractivity (Wildman–Crippen MR) is 103 cm³/mol. The third kappa shape index (κ3) is 3.21. The van der Waals surface area contributed by atoms with Crippen LogP contribution in [-0.4, -0.2) is 34.6 Å². The summed E-state index contributed by atoms with van der Waals surface area (Å²) in [5.41, 5.74) is 2.91. The number of para-hydroxylation sites is 1. The van der Waals surface area contributed by atoms with Gasteiger partial charge in [-0.15, -0.1) is 0 Å². The normalized spacial score (nSPS) is 22.4. The summed E-state index contributed by atoms with van der Waals surface area (Å²) in [6.45, 7) is 1.62. The second kappa shape index (κ2) is 7.12. The second-order valence-electron chi connectivity index (χ2n) is 7.52. The van der Waals surface area contributed by atoms with Crippen LogP contribution >= 0.6 is 0 Å². The van der Waals surface area contributed by atoms with E-state index in [4.69, 9.17) is 0 Å². The number of carbonyl (C=O) groups is 1. The number of anilines is 1. The fourth-order valence-electron chi connectivity index (χ4n) is 4.52. The van der Waals surface area contributed by atoms with Crippen molar-refractivity contribution in [3.8, 4) is 0 Å². The highest BCUT2D eigenvalue weighted by Gasteiger charge is 2.43. The minimum absolute atomic E-state index is 0.434. The van der Waals surface area contributed by atoms with E-state index in [1.54, 1.807) is 0 Å². The zero-order chi connectivity index (χ0) is 18.0. The number of fused-ring (bicyclic) bond motifs is 1. The quantitative estimate of drug-likeness (QED) is 0.872. The Morgan fingerprint density at radius 3 is 2.46 bits per heavy atom. The molecule has 0 amide bonds. The largest absolute Gasteiger partial charge is 0.480 e. The van der Waals surface area contributed by atoms with Gasteiger partial charge in [-0.1, -0.05) is 42.5 Å². The number of carboxylic acid groups (broad SMARTS) is 1. The van der Waals surface area contributed by atoms with Gasteiger partial charge in [0.1, 0.15) is 5.54 Å². The lowest BCUT2D eigenvalue weighted by Crippen LogP contribution is -2.55. The van der Waals surface area contributed by atoms with E-state index in [2.05, 4.69) is 34.5 Å². The van der Waals surface area contributed by atoms with Gasteiger partial charge in [0.2, 0.25) is 0 Å². The van der Waals surface area contributed by atoms with Crippen molar-refractivity contribution in [1.82, 2.24) is 4.90 Å². The highest BCUT2D eigenvalue weighted by molar-refractivity contribution is 5.83. The number of nitrogens with zero attached hydrogens (tertiary/aromatic N) is 1. The molecule has 1 fully saturated rings. The fourth-order valence-corrected chi connectivity index (χ4v) is 4.52. The third-order valence-electron chi connectivity index (χ3n) is 6.00. The number of piperidine rings is 1. The number of hydrogen-bond acceptors (Lipinski definition) is 3. The summed E-state index contributed by atoms with van der Waals surface area (Å²) < 4.78 is 0. The van der Waals surface area contributed by atoms with Crippen LogP contribution in [0.2, 0.25) is 0 Å². The molecule has 0 unspecified atom stereocenters. The van der Waals surface area contributed by atoms with Crippen LogP contribution in [0.5, 0.6) is 0 Å². The molecule has 26 heavy (non-hydrogen) atoms. The fraction of sp³-hybridized carbons (Fsp3) is 0.409. The number of rotatable bonds is 4. The number of hydrogen-bond donors (Lipinski definition) is 2. The Hall–Kier alpha value is -2.33. The highest BCUT2D eigenvalue weighted by atomic mass is 16.4. The number of aryl methyl sites for hydroxylation is 1. The van der Waals surface area contributed by atoms with Gasteiger partial charge in [0.25, 0.3) is 0 Å². The van der Waals surface area contributed by atoms with Crippen LogP contribution in [0.4, 0.5) is 5.69 Å². The highest BCUT2D eigenvalue weighted by Crippen LogP contribution is 2.38. The van der Waals surface area contributed by atoms with Crippen LogP contribution in [0.1, 0.15) is 42.9 Å². The van der Waals surface area contributed by atoms with E-state index in [0.717, 1.165) is 25.2 Å². The lowest BCUT2D eigenvalue weighted by atomic mass is 9.82. The second-order valence-corrected chi connectivity index (χ2v) is 7.52. The van der Waals surface area contributed by atoms with Crippen molar-refractivity contribution in [1.29, 1.82) is 0 Å². The molecule has 1 atom stereocenters. The van der Waals surface area contributed by atoms with Gasteiger partial charge < -0.3 is 10.4 Å². The molecular formula is C22H26N2O2. The molecule has 136 valence electrons. The maximum absolute atomic E-state index is 12.1. The van der Waals surface area contributed by atoms with E-state index in [0.29, 0.717) is 18.9 Å². The molecule has 0 aromatic heterocycles. The van der Waals surface area contributed by atoms with Gasteiger partial charge >= 0.3 is 5.97 Å². The number of carboxylic acids is 1. The van der Waals surface area contributed by atoms with E-state index in [-0.39, 0.29) is 0 Å². The van der Waals surface area contributed by atoms with Crippen LogP contribution in [0, 0.1) is 0 Å². The minimum Gasteiger partial charge on any atom is -0.480 e. The summed E-state index contributed by atoms with van der Waals surface area (Å²) in [4.78, 5) is 14.6. The molecule has 2 aromatic rings. The van der Waals surface area contributed by atoms with E-state index >= 15 is 0 Å². The smallest absolute Gasteiger partial charge is 0.329 e. The Morgan fingerprint density at radius 1 is 1.04 bits per heavy atom. The zero-order valence-electron chi connectivity index (χ0n) is 15.0. The minimum atomic E-state index is -0.869. The van der Waals surface area contributed by atoms with Crippen molar-refractivity contribution in [2.45, 2.75) is 43.7 Å². The average molecular weight is 350 g/mol. The molecular weight excluding hydrogens is 324 g/mol. The first-order valence-electron chi connectivity index (χ1n) is 9.56. The predicted octanol–water partition coefficient (Wildman–Crippen LogP) is 4.10. The lowest BCUT2D eigenvalue weighted by molar-refractivity contribution is -0.144. The van der Waals surface area contributed by atoms with Gasteiger partial charge in [-0.25, -0.2) is 4.79 Å². The molecule has 1 saturated heterocycles. The summed E-state index contributed by atoms with van der Waals surface area (Å²) in [7, 11) is 0. The summed E-state index contributed by atoms with van der Waals surface area (Å²) >= 11 is 0. The Balaban J connectivity index is 1.50. The Morgan fingerprint density at radius 2 is 1.73 bits per heavy atom. The first-order valence-corrected chi connectivity index (χ1v) is 9.56.